The van der Waals surface area contributed by atoms with Crippen molar-refractivity contribution in [1.29, 1.82) is 0 Å². The molecule has 0 amide bonds. The van der Waals surface area contributed by atoms with Gasteiger partial charge in [-0.3, -0.25) is 0 Å². The molecule has 0 bridgehead atoms. The number of allylic oxidation sites excluding steroid dienone is 1. The van der Waals surface area contributed by atoms with E-state index in [1.165, 1.54) is 10.6 Å². The number of fused-ring (bicyclic) bond motifs is 1. The number of hydrogen-bond acceptors (Lipinski definition) is 2. The highest BCUT2D eigenvalue weighted by Crippen LogP contribution is 2.43. The topological polar surface area (TPSA) is 12.9 Å². The minimum Gasteiger partial charge on any atom is -0.249 e. The van der Waals surface area contributed by atoms with Crippen LogP contribution in [0.15, 0.2) is 11.6 Å². The lowest BCUT2D eigenvalue weighted by atomic mass is 9.71. The highest BCUT2D eigenvalue weighted by Gasteiger charge is 2.32. The van der Waals surface area contributed by atoms with E-state index in [-0.39, 0.29) is 0 Å². The van der Waals surface area contributed by atoms with E-state index in [2.05, 4.69) is 44.8 Å². The smallest absolute Gasteiger partial charge is 0.0801 e. The Kier molecular flexibility index (Phi) is 2.26. The van der Waals surface area contributed by atoms with E-state index in [1.807, 2.05) is 5.51 Å². The van der Waals surface area contributed by atoms with Crippen LogP contribution in [-0.2, 0) is 0 Å². The standard InChI is InChI=1S/C12H17NS/c1-8-9(12(2,3)4)5-6-10-11(8)13-7-14-10/h5-9H,1-4H3. The summed E-state index contributed by atoms with van der Waals surface area (Å²) in [5.41, 5.74) is 3.57. The third-order valence-corrected chi connectivity index (χ3v) is 3.86. The average molecular weight is 207 g/mol. The van der Waals surface area contributed by atoms with E-state index in [9.17, 15) is 0 Å². The highest BCUT2D eigenvalue weighted by atomic mass is 32.1. The van der Waals surface area contributed by atoms with Gasteiger partial charge in [-0.05, 0) is 17.4 Å². The minimum absolute atomic E-state index is 0.331. The summed E-state index contributed by atoms with van der Waals surface area (Å²) in [5.74, 6) is 1.17. The van der Waals surface area contributed by atoms with Crippen molar-refractivity contribution in [3.8, 4) is 0 Å². The van der Waals surface area contributed by atoms with Gasteiger partial charge in [-0.15, -0.1) is 11.3 Å². The van der Waals surface area contributed by atoms with Gasteiger partial charge in [0, 0.05) is 5.92 Å². The first-order chi connectivity index (χ1) is 6.50. The largest absolute Gasteiger partial charge is 0.249 e. The molecule has 2 heteroatoms. The second kappa shape index (κ2) is 3.20. The van der Waals surface area contributed by atoms with E-state index < -0.39 is 0 Å². The molecule has 1 nitrogen and oxygen atoms in total. The second-order valence-electron chi connectivity index (χ2n) is 5.14. The first-order valence-electron chi connectivity index (χ1n) is 5.12. The lowest BCUT2D eigenvalue weighted by Crippen LogP contribution is -2.25. The van der Waals surface area contributed by atoms with Crippen LogP contribution in [0.1, 0.15) is 44.2 Å². The number of thiazole rings is 1. The predicted octanol–water partition coefficient (Wildman–Crippen LogP) is 3.94. The van der Waals surface area contributed by atoms with Crippen LogP contribution >= 0.6 is 11.3 Å². The first-order valence-corrected chi connectivity index (χ1v) is 5.99. The molecule has 0 saturated carbocycles. The molecule has 0 aliphatic heterocycles. The molecule has 0 N–H and O–H groups in total. The Balaban J connectivity index is 2.38. The zero-order valence-corrected chi connectivity index (χ0v) is 10.1. The molecule has 1 heterocycles. The molecular weight excluding hydrogens is 190 g/mol. The van der Waals surface area contributed by atoms with Gasteiger partial charge in [-0.25, -0.2) is 4.98 Å². The normalized spacial score (nSPS) is 26.3. The Morgan fingerprint density at radius 2 is 2.07 bits per heavy atom. The van der Waals surface area contributed by atoms with Crippen molar-refractivity contribution in [3.63, 3.8) is 0 Å². The summed E-state index contributed by atoms with van der Waals surface area (Å²) in [6.45, 7) is 9.19. The molecule has 2 rings (SSSR count). The molecule has 0 spiro atoms. The van der Waals surface area contributed by atoms with E-state index in [0.29, 0.717) is 17.3 Å². The summed E-state index contributed by atoms with van der Waals surface area (Å²) in [6.07, 6.45) is 4.59. The first kappa shape index (κ1) is 9.91. The van der Waals surface area contributed by atoms with Gasteiger partial charge in [0.15, 0.2) is 0 Å². The maximum atomic E-state index is 4.47. The maximum absolute atomic E-state index is 4.47. The van der Waals surface area contributed by atoms with Gasteiger partial charge in [-0.1, -0.05) is 33.8 Å². The van der Waals surface area contributed by atoms with E-state index in [0.717, 1.165) is 0 Å². The Hall–Kier alpha value is -0.630. The molecule has 1 aliphatic rings. The number of aromatic nitrogens is 1. The van der Waals surface area contributed by atoms with Crippen molar-refractivity contribution in [2.75, 3.05) is 0 Å². The van der Waals surface area contributed by atoms with Gasteiger partial charge < -0.3 is 0 Å². The molecule has 0 saturated heterocycles. The van der Waals surface area contributed by atoms with Crippen LogP contribution in [0, 0.1) is 11.3 Å². The van der Waals surface area contributed by atoms with Gasteiger partial charge in [-0.2, -0.15) is 0 Å². The van der Waals surface area contributed by atoms with Gasteiger partial charge in [0.2, 0.25) is 0 Å². The van der Waals surface area contributed by atoms with Crippen LogP contribution in [0.3, 0.4) is 0 Å². The summed E-state index contributed by atoms with van der Waals surface area (Å²) in [4.78, 5) is 5.81. The number of hydrogen-bond donors (Lipinski definition) is 0. The summed E-state index contributed by atoms with van der Waals surface area (Å²) in [7, 11) is 0. The maximum Gasteiger partial charge on any atom is 0.0801 e. The van der Waals surface area contributed by atoms with Crippen molar-refractivity contribution in [3.05, 3.63) is 22.2 Å². The SMILES string of the molecule is CC1c2ncsc2C=CC1C(C)(C)C. The third kappa shape index (κ3) is 1.52. The van der Waals surface area contributed by atoms with Gasteiger partial charge in [0.1, 0.15) is 0 Å². The van der Waals surface area contributed by atoms with Crippen molar-refractivity contribution in [2.45, 2.75) is 33.6 Å². The van der Waals surface area contributed by atoms with Crippen LogP contribution < -0.4 is 0 Å². The zero-order chi connectivity index (χ0) is 10.3. The fraction of sp³-hybridized carbons (Fsp3) is 0.583. The molecule has 0 aromatic carbocycles. The fourth-order valence-electron chi connectivity index (χ4n) is 2.30. The fourth-order valence-corrected chi connectivity index (χ4v) is 3.09. The summed E-state index contributed by atoms with van der Waals surface area (Å²) < 4.78 is 0. The van der Waals surface area contributed by atoms with E-state index in [4.69, 9.17) is 0 Å². The Bertz CT molecular complexity index is 357. The average Bonchev–Trinajstić information content (AvgIpc) is 2.50. The summed E-state index contributed by atoms with van der Waals surface area (Å²) >= 11 is 1.74. The monoisotopic (exact) mass is 207 g/mol. The van der Waals surface area contributed by atoms with Crippen LogP contribution in [-0.4, -0.2) is 4.98 Å². The van der Waals surface area contributed by atoms with Crippen LogP contribution in [0.4, 0.5) is 0 Å². The molecule has 2 atom stereocenters. The van der Waals surface area contributed by atoms with Gasteiger partial charge >= 0.3 is 0 Å². The lowest BCUT2D eigenvalue weighted by molar-refractivity contribution is 0.256. The number of rotatable bonds is 0. The van der Waals surface area contributed by atoms with Crippen molar-refractivity contribution < 1.29 is 0 Å². The third-order valence-electron chi connectivity index (χ3n) is 3.05. The molecule has 14 heavy (non-hydrogen) atoms. The quantitative estimate of drug-likeness (QED) is 0.628. The molecule has 2 unspecified atom stereocenters. The molecule has 1 aromatic heterocycles. The molecule has 0 radical (unpaired) electrons. The molecule has 0 fully saturated rings. The lowest BCUT2D eigenvalue weighted by Gasteiger charge is -2.34. The Morgan fingerprint density at radius 1 is 1.36 bits per heavy atom. The van der Waals surface area contributed by atoms with E-state index in [1.54, 1.807) is 11.3 Å². The Morgan fingerprint density at radius 3 is 2.71 bits per heavy atom. The van der Waals surface area contributed by atoms with Crippen LogP contribution in [0.25, 0.3) is 6.08 Å². The molecule has 76 valence electrons. The van der Waals surface area contributed by atoms with Crippen molar-refractivity contribution >= 4 is 17.4 Å². The van der Waals surface area contributed by atoms with Crippen LogP contribution in [0.2, 0.25) is 0 Å². The zero-order valence-electron chi connectivity index (χ0n) is 9.24. The molecule has 1 aliphatic carbocycles. The number of nitrogens with zero attached hydrogens (tertiary/aromatic N) is 1. The van der Waals surface area contributed by atoms with Gasteiger partial charge in [0.05, 0.1) is 16.1 Å². The minimum atomic E-state index is 0.331. The van der Waals surface area contributed by atoms with Gasteiger partial charge in [0.25, 0.3) is 0 Å². The van der Waals surface area contributed by atoms with Crippen molar-refractivity contribution in [1.82, 2.24) is 4.98 Å². The van der Waals surface area contributed by atoms with Crippen LogP contribution in [0.5, 0.6) is 0 Å². The van der Waals surface area contributed by atoms with Crippen molar-refractivity contribution in [2.24, 2.45) is 11.3 Å². The summed E-state index contributed by atoms with van der Waals surface area (Å²) in [5, 5.41) is 0. The highest BCUT2D eigenvalue weighted by molar-refractivity contribution is 7.10. The summed E-state index contributed by atoms with van der Waals surface area (Å²) in [6, 6.07) is 0. The second-order valence-corrected chi connectivity index (χ2v) is 6.03. The van der Waals surface area contributed by atoms with E-state index >= 15 is 0 Å². The molecular formula is C12H17NS. The molecule has 1 aromatic rings. The Labute approximate surface area is 89.9 Å². The predicted molar refractivity (Wildman–Crippen MR) is 62.5 cm³/mol.